The molecule has 4 nitrogen and oxygen atoms in total. The van der Waals surface area contributed by atoms with Crippen molar-refractivity contribution in [3.8, 4) is 5.75 Å². The maximum atomic E-state index is 10.2. The summed E-state index contributed by atoms with van der Waals surface area (Å²) in [5, 5.41) is 12.8. The van der Waals surface area contributed by atoms with E-state index in [2.05, 4.69) is 10.2 Å². The third kappa shape index (κ3) is 0.852. The zero-order valence-corrected chi connectivity index (χ0v) is 6.11. The Morgan fingerprint density at radius 2 is 2.25 bits per heavy atom. The van der Waals surface area contributed by atoms with Crippen molar-refractivity contribution in [1.29, 1.82) is 0 Å². The van der Waals surface area contributed by atoms with E-state index in [-0.39, 0.29) is 11.4 Å². The van der Waals surface area contributed by atoms with Crippen LogP contribution in [0.1, 0.15) is 0 Å². The maximum absolute atomic E-state index is 10.2. The van der Waals surface area contributed by atoms with Crippen LogP contribution in [0, 0.1) is 4.91 Å². The number of benzene rings is 1. The van der Waals surface area contributed by atoms with Crippen LogP contribution >= 0.6 is 0 Å². The van der Waals surface area contributed by atoms with E-state index in [1.165, 1.54) is 12.1 Å². The number of H-pyrrole nitrogens is 1. The van der Waals surface area contributed by atoms with Gasteiger partial charge in [-0.3, -0.25) is 0 Å². The van der Waals surface area contributed by atoms with E-state index >= 15 is 0 Å². The molecule has 1 aromatic heterocycles. The molecule has 2 rings (SSSR count). The Bertz CT molecular complexity index is 434. The van der Waals surface area contributed by atoms with Crippen LogP contribution in [0.25, 0.3) is 10.9 Å². The molecule has 12 heavy (non-hydrogen) atoms. The van der Waals surface area contributed by atoms with Gasteiger partial charge in [0.05, 0.1) is 0 Å². The summed E-state index contributed by atoms with van der Waals surface area (Å²) in [6.45, 7) is 0. The lowest BCUT2D eigenvalue weighted by atomic mass is 10.2. The highest BCUT2D eigenvalue weighted by atomic mass is 16.3. The van der Waals surface area contributed by atoms with Gasteiger partial charge in [-0.05, 0) is 17.3 Å². The van der Waals surface area contributed by atoms with Gasteiger partial charge in [0.25, 0.3) is 0 Å². The van der Waals surface area contributed by atoms with Gasteiger partial charge in [0.15, 0.2) is 0 Å². The molecule has 4 heteroatoms. The number of hydrogen-bond donors (Lipinski definition) is 2. The molecule has 0 saturated heterocycles. The first kappa shape index (κ1) is 6.84. The Labute approximate surface area is 67.8 Å². The highest BCUT2D eigenvalue weighted by Crippen LogP contribution is 2.30. The van der Waals surface area contributed by atoms with E-state index in [1.807, 2.05) is 6.07 Å². The molecule has 1 heterocycles. The molecule has 0 bridgehead atoms. The number of rotatable bonds is 1. The quantitative estimate of drug-likeness (QED) is 0.631. The molecule has 60 valence electrons. The molecule has 0 saturated carbocycles. The minimum Gasteiger partial charge on any atom is -0.505 e. The van der Waals surface area contributed by atoms with Gasteiger partial charge in [-0.2, -0.15) is 0 Å². The SMILES string of the molecule is O=Nc1cc2cc[nH]c2cc1O. The fraction of sp³-hybridized carbons (Fsp3) is 0. The van der Waals surface area contributed by atoms with Crippen molar-refractivity contribution >= 4 is 16.6 Å². The number of fused-ring (bicyclic) bond motifs is 1. The van der Waals surface area contributed by atoms with Gasteiger partial charge in [0.2, 0.25) is 0 Å². The second kappa shape index (κ2) is 2.34. The van der Waals surface area contributed by atoms with Gasteiger partial charge in [0, 0.05) is 23.2 Å². The highest BCUT2D eigenvalue weighted by molar-refractivity contribution is 5.85. The fourth-order valence-corrected chi connectivity index (χ4v) is 1.15. The lowest BCUT2D eigenvalue weighted by Gasteiger charge is -1.94. The largest absolute Gasteiger partial charge is 0.505 e. The Hall–Kier alpha value is -1.84. The van der Waals surface area contributed by atoms with Crippen molar-refractivity contribution in [2.24, 2.45) is 5.18 Å². The number of aromatic hydroxyl groups is 1. The second-order valence-electron chi connectivity index (χ2n) is 2.50. The smallest absolute Gasteiger partial charge is 0.150 e. The molecule has 1 aromatic carbocycles. The average molecular weight is 162 g/mol. The summed E-state index contributed by atoms with van der Waals surface area (Å²) < 4.78 is 0. The summed E-state index contributed by atoms with van der Waals surface area (Å²) in [6, 6.07) is 4.82. The van der Waals surface area contributed by atoms with Gasteiger partial charge in [-0.15, -0.1) is 4.91 Å². The first-order valence-corrected chi connectivity index (χ1v) is 3.45. The van der Waals surface area contributed by atoms with E-state index in [0.29, 0.717) is 0 Å². The van der Waals surface area contributed by atoms with E-state index in [4.69, 9.17) is 0 Å². The molecule has 0 unspecified atom stereocenters. The minimum atomic E-state index is -0.0973. The van der Waals surface area contributed by atoms with Crippen LogP contribution in [-0.4, -0.2) is 10.1 Å². The maximum Gasteiger partial charge on any atom is 0.150 e. The predicted molar refractivity (Wildman–Crippen MR) is 45.4 cm³/mol. The average Bonchev–Trinajstić information content (AvgIpc) is 2.49. The molecule has 0 aliphatic carbocycles. The first-order valence-electron chi connectivity index (χ1n) is 3.45. The second-order valence-corrected chi connectivity index (χ2v) is 2.50. The van der Waals surface area contributed by atoms with Crippen molar-refractivity contribution in [1.82, 2.24) is 4.98 Å². The zero-order valence-electron chi connectivity index (χ0n) is 6.11. The van der Waals surface area contributed by atoms with Crippen molar-refractivity contribution < 1.29 is 5.11 Å². The number of phenols is 1. The van der Waals surface area contributed by atoms with Crippen molar-refractivity contribution in [2.45, 2.75) is 0 Å². The number of nitrogens with one attached hydrogen (secondary N) is 1. The van der Waals surface area contributed by atoms with Crippen LogP contribution in [0.2, 0.25) is 0 Å². The molecule has 2 N–H and O–H groups in total. The van der Waals surface area contributed by atoms with Crippen LogP contribution < -0.4 is 0 Å². The molecular formula is C8H6N2O2. The van der Waals surface area contributed by atoms with E-state index in [0.717, 1.165) is 10.9 Å². The van der Waals surface area contributed by atoms with Crippen LogP contribution in [0.4, 0.5) is 5.69 Å². The van der Waals surface area contributed by atoms with Gasteiger partial charge < -0.3 is 10.1 Å². The summed E-state index contributed by atoms with van der Waals surface area (Å²) in [6.07, 6.45) is 1.73. The molecule has 0 radical (unpaired) electrons. The van der Waals surface area contributed by atoms with Crippen LogP contribution in [0.5, 0.6) is 5.75 Å². The Morgan fingerprint density at radius 3 is 3.00 bits per heavy atom. The standard InChI is InChI=1S/C8H6N2O2/c11-8-4-6-5(1-2-9-6)3-7(8)10-12/h1-4,9,11H. The minimum absolute atomic E-state index is 0.0714. The lowest BCUT2D eigenvalue weighted by Crippen LogP contribution is -1.69. The van der Waals surface area contributed by atoms with Crippen molar-refractivity contribution in [3.63, 3.8) is 0 Å². The number of phenolic OH excluding ortho intramolecular Hbond substituents is 1. The topological polar surface area (TPSA) is 65.5 Å². The number of hydrogen-bond acceptors (Lipinski definition) is 3. The third-order valence-electron chi connectivity index (χ3n) is 1.75. The van der Waals surface area contributed by atoms with Gasteiger partial charge in [-0.1, -0.05) is 0 Å². The normalized spacial score (nSPS) is 10.3. The van der Waals surface area contributed by atoms with Gasteiger partial charge in [0.1, 0.15) is 11.4 Å². The molecule has 0 amide bonds. The summed E-state index contributed by atoms with van der Waals surface area (Å²) in [4.78, 5) is 13.1. The molecule has 0 atom stereocenters. The number of aromatic amines is 1. The Morgan fingerprint density at radius 1 is 1.42 bits per heavy atom. The molecular weight excluding hydrogens is 156 g/mol. The van der Waals surface area contributed by atoms with E-state index in [9.17, 15) is 10.0 Å². The number of nitroso groups, excluding NO2 is 1. The van der Waals surface area contributed by atoms with Crippen LogP contribution in [-0.2, 0) is 0 Å². The first-order chi connectivity index (χ1) is 5.81. The number of aromatic nitrogens is 1. The lowest BCUT2D eigenvalue weighted by molar-refractivity contribution is 0.477. The molecule has 0 aliphatic heterocycles. The van der Waals surface area contributed by atoms with Crippen molar-refractivity contribution in [3.05, 3.63) is 29.3 Å². The summed E-state index contributed by atoms with van der Waals surface area (Å²) in [5.74, 6) is -0.0973. The van der Waals surface area contributed by atoms with Crippen molar-refractivity contribution in [2.75, 3.05) is 0 Å². The Kier molecular flexibility index (Phi) is 1.33. The summed E-state index contributed by atoms with van der Waals surface area (Å²) >= 11 is 0. The molecule has 2 aromatic rings. The van der Waals surface area contributed by atoms with Crippen LogP contribution in [0.15, 0.2) is 29.6 Å². The fourth-order valence-electron chi connectivity index (χ4n) is 1.15. The molecule has 0 spiro atoms. The molecule has 0 aliphatic rings. The Balaban J connectivity index is 2.81. The summed E-state index contributed by atoms with van der Waals surface area (Å²) in [7, 11) is 0. The van der Waals surface area contributed by atoms with E-state index < -0.39 is 0 Å². The summed E-state index contributed by atoms with van der Waals surface area (Å²) in [5.41, 5.74) is 0.863. The number of nitrogens with zero attached hydrogens (tertiary/aromatic N) is 1. The predicted octanol–water partition coefficient (Wildman–Crippen LogP) is 2.27. The van der Waals surface area contributed by atoms with Crippen LogP contribution in [0.3, 0.4) is 0 Å². The zero-order chi connectivity index (χ0) is 8.55. The third-order valence-corrected chi connectivity index (χ3v) is 1.75. The highest BCUT2D eigenvalue weighted by Gasteiger charge is 2.03. The molecule has 0 fully saturated rings. The van der Waals surface area contributed by atoms with Gasteiger partial charge in [-0.25, -0.2) is 0 Å². The van der Waals surface area contributed by atoms with Gasteiger partial charge >= 0.3 is 0 Å². The van der Waals surface area contributed by atoms with E-state index in [1.54, 1.807) is 6.20 Å². The monoisotopic (exact) mass is 162 g/mol.